The summed E-state index contributed by atoms with van der Waals surface area (Å²) in [5, 5.41) is 0. The van der Waals surface area contributed by atoms with Crippen molar-refractivity contribution in [3.63, 3.8) is 0 Å². The summed E-state index contributed by atoms with van der Waals surface area (Å²) in [7, 11) is 0. The molecule has 0 saturated carbocycles. The minimum absolute atomic E-state index is 0.305. The fourth-order valence-corrected chi connectivity index (χ4v) is 3.33. The van der Waals surface area contributed by atoms with Gasteiger partial charge in [-0.3, -0.25) is 9.20 Å². The lowest BCUT2D eigenvalue weighted by Gasteiger charge is -2.34. The van der Waals surface area contributed by atoms with Crippen LogP contribution in [0, 0.1) is 5.92 Å². The van der Waals surface area contributed by atoms with Gasteiger partial charge in [0.2, 0.25) is 6.41 Å². The van der Waals surface area contributed by atoms with Gasteiger partial charge in [0.15, 0.2) is 11.3 Å². The lowest BCUT2D eigenvalue weighted by Crippen LogP contribution is -2.37. The molecule has 1 aliphatic heterocycles. The number of imidazole rings is 1. The lowest BCUT2D eigenvalue weighted by molar-refractivity contribution is -0.119. The average Bonchev–Trinajstić information content (AvgIpc) is 3.13. The summed E-state index contributed by atoms with van der Waals surface area (Å²) in [4.78, 5) is 25.0. The minimum atomic E-state index is 0.305. The van der Waals surface area contributed by atoms with E-state index in [0.29, 0.717) is 11.8 Å². The second-order valence-corrected chi connectivity index (χ2v) is 5.82. The number of rotatable bonds is 2. The Morgan fingerprint density at radius 3 is 3.14 bits per heavy atom. The number of nitrogens with one attached hydrogen (secondary N) is 1. The molecule has 2 unspecified atom stereocenters. The zero-order chi connectivity index (χ0) is 14.4. The Morgan fingerprint density at radius 2 is 2.29 bits per heavy atom. The van der Waals surface area contributed by atoms with E-state index in [-0.39, 0.29) is 0 Å². The van der Waals surface area contributed by atoms with Crippen molar-refractivity contribution in [3.8, 4) is 0 Å². The molecule has 1 fully saturated rings. The number of carbonyl (C=O) groups excluding carboxylic acids is 1. The lowest BCUT2D eigenvalue weighted by atomic mass is 9.85. The van der Waals surface area contributed by atoms with E-state index in [0.717, 1.165) is 48.4 Å². The van der Waals surface area contributed by atoms with Gasteiger partial charge in [0.1, 0.15) is 0 Å². The number of piperidine rings is 1. The van der Waals surface area contributed by atoms with Crippen molar-refractivity contribution < 1.29 is 4.79 Å². The van der Waals surface area contributed by atoms with Crippen molar-refractivity contribution >= 4 is 23.2 Å². The molecule has 0 spiro atoms. The largest absolute Gasteiger partial charge is 0.345 e. The molecule has 0 radical (unpaired) electrons. The van der Waals surface area contributed by atoms with Crippen LogP contribution >= 0.6 is 0 Å². The molecule has 1 N–H and O–H groups in total. The number of hydrogen-bond acceptors (Lipinski definition) is 3. The first-order chi connectivity index (χ1) is 10.3. The maximum Gasteiger partial charge on any atom is 0.209 e. The second kappa shape index (κ2) is 4.58. The Hall–Kier alpha value is -2.37. The molecule has 1 aliphatic rings. The van der Waals surface area contributed by atoms with E-state index in [9.17, 15) is 4.79 Å². The molecule has 3 aromatic heterocycles. The fourth-order valence-electron chi connectivity index (χ4n) is 3.33. The Balaban J connectivity index is 1.89. The van der Waals surface area contributed by atoms with E-state index in [2.05, 4.69) is 26.3 Å². The number of likely N-dealkylation sites (tertiary alicyclic amines) is 1. The van der Waals surface area contributed by atoms with Crippen molar-refractivity contribution in [1.29, 1.82) is 0 Å². The second-order valence-electron chi connectivity index (χ2n) is 5.82. The molecule has 0 aromatic carbocycles. The van der Waals surface area contributed by atoms with Gasteiger partial charge in [0.05, 0.1) is 11.7 Å². The van der Waals surface area contributed by atoms with Crippen LogP contribution < -0.4 is 0 Å². The van der Waals surface area contributed by atoms with Gasteiger partial charge in [0.25, 0.3) is 0 Å². The van der Waals surface area contributed by atoms with Crippen molar-refractivity contribution in [3.05, 3.63) is 30.4 Å². The van der Waals surface area contributed by atoms with Gasteiger partial charge in [-0.1, -0.05) is 6.92 Å². The monoisotopic (exact) mass is 283 g/mol. The number of aromatic amines is 1. The van der Waals surface area contributed by atoms with Crippen LogP contribution in [0.25, 0.3) is 16.8 Å². The third-order valence-corrected chi connectivity index (χ3v) is 4.59. The molecule has 21 heavy (non-hydrogen) atoms. The van der Waals surface area contributed by atoms with Gasteiger partial charge in [-0.25, -0.2) is 9.97 Å². The zero-order valence-corrected chi connectivity index (χ0v) is 11.9. The highest BCUT2D eigenvalue weighted by atomic mass is 16.1. The van der Waals surface area contributed by atoms with Gasteiger partial charge in [0, 0.05) is 37.1 Å². The van der Waals surface area contributed by atoms with Crippen LogP contribution in [0.4, 0.5) is 0 Å². The highest BCUT2D eigenvalue weighted by Gasteiger charge is 2.29. The summed E-state index contributed by atoms with van der Waals surface area (Å²) >= 11 is 0. The molecule has 3 aromatic rings. The molecule has 108 valence electrons. The number of aromatic nitrogens is 4. The summed E-state index contributed by atoms with van der Waals surface area (Å²) in [5.74, 6) is 0.836. The number of amides is 1. The molecule has 0 aliphatic carbocycles. The predicted molar refractivity (Wildman–Crippen MR) is 79.0 cm³/mol. The van der Waals surface area contributed by atoms with E-state index in [1.807, 2.05) is 23.4 Å². The SMILES string of the molecule is CC1CCN(C=O)CC1c1cnc2cnc3[nH]ccc3n12. The Bertz CT molecular complexity index is 805. The van der Waals surface area contributed by atoms with E-state index >= 15 is 0 Å². The minimum Gasteiger partial charge on any atom is -0.345 e. The zero-order valence-electron chi connectivity index (χ0n) is 11.9. The van der Waals surface area contributed by atoms with E-state index in [4.69, 9.17) is 0 Å². The average molecular weight is 283 g/mol. The van der Waals surface area contributed by atoms with Crippen LogP contribution in [-0.2, 0) is 4.79 Å². The number of H-pyrrole nitrogens is 1. The van der Waals surface area contributed by atoms with Crippen LogP contribution in [0.1, 0.15) is 25.0 Å². The quantitative estimate of drug-likeness (QED) is 0.729. The van der Waals surface area contributed by atoms with Gasteiger partial charge < -0.3 is 9.88 Å². The Labute approximate surface area is 121 Å². The Morgan fingerprint density at radius 1 is 1.38 bits per heavy atom. The summed E-state index contributed by atoms with van der Waals surface area (Å²) in [6.07, 6.45) is 7.59. The molecule has 4 heterocycles. The summed E-state index contributed by atoms with van der Waals surface area (Å²) in [6.45, 7) is 3.85. The molecule has 0 bridgehead atoms. The molecule has 1 amide bonds. The maximum absolute atomic E-state index is 11.1. The molecule has 6 heteroatoms. The number of nitrogens with zero attached hydrogens (tertiary/aromatic N) is 4. The number of hydrogen-bond donors (Lipinski definition) is 1. The maximum atomic E-state index is 11.1. The summed E-state index contributed by atoms with van der Waals surface area (Å²) in [5.41, 5.74) is 3.91. The standard InChI is InChI=1S/C15H17N5O/c1-10-3-5-19(9-21)8-11(10)13-6-17-14-7-18-15-12(20(13)14)2-4-16-15/h2,4,6-7,9-11,16H,3,5,8H2,1H3. The molecular weight excluding hydrogens is 266 g/mol. The normalized spacial score (nSPS) is 23.0. The third-order valence-electron chi connectivity index (χ3n) is 4.59. The molecule has 1 saturated heterocycles. The topological polar surface area (TPSA) is 66.3 Å². The van der Waals surface area contributed by atoms with Gasteiger partial charge in [-0.2, -0.15) is 0 Å². The molecule has 4 rings (SSSR count). The summed E-state index contributed by atoms with van der Waals surface area (Å²) in [6, 6.07) is 2.02. The van der Waals surface area contributed by atoms with Crippen LogP contribution in [0.2, 0.25) is 0 Å². The molecular formula is C15H17N5O. The first kappa shape index (κ1) is 12.4. The molecule has 2 atom stereocenters. The van der Waals surface area contributed by atoms with Crippen LogP contribution in [0.5, 0.6) is 0 Å². The van der Waals surface area contributed by atoms with Crippen LogP contribution in [0.3, 0.4) is 0 Å². The highest BCUT2D eigenvalue weighted by molar-refractivity contribution is 5.74. The number of fused-ring (bicyclic) bond motifs is 3. The third kappa shape index (κ3) is 1.82. The van der Waals surface area contributed by atoms with Crippen molar-refractivity contribution in [2.75, 3.05) is 13.1 Å². The van der Waals surface area contributed by atoms with Gasteiger partial charge in [-0.05, 0) is 18.4 Å². The predicted octanol–water partition coefficient (Wildman–Crippen LogP) is 1.79. The van der Waals surface area contributed by atoms with Crippen LogP contribution in [0.15, 0.2) is 24.7 Å². The van der Waals surface area contributed by atoms with E-state index in [1.54, 1.807) is 6.20 Å². The number of carbonyl (C=O) groups is 1. The van der Waals surface area contributed by atoms with Crippen molar-refractivity contribution in [1.82, 2.24) is 24.3 Å². The van der Waals surface area contributed by atoms with E-state index < -0.39 is 0 Å². The highest BCUT2D eigenvalue weighted by Crippen LogP contribution is 2.33. The van der Waals surface area contributed by atoms with Crippen LogP contribution in [-0.4, -0.2) is 43.8 Å². The Kier molecular flexibility index (Phi) is 2.70. The first-order valence-electron chi connectivity index (χ1n) is 7.26. The van der Waals surface area contributed by atoms with Crippen molar-refractivity contribution in [2.24, 2.45) is 5.92 Å². The van der Waals surface area contributed by atoms with Gasteiger partial charge in [-0.15, -0.1) is 0 Å². The first-order valence-corrected chi connectivity index (χ1v) is 7.26. The van der Waals surface area contributed by atoms with E-state index in [1.165, 1.54) is 0 Å². The van der Waals surface area contributed by atoms with Gasteiger partial charge >= 0.3 is 0 Å². The summed E-state index contributed by atoms with van der Waals surface area (Å²) < 4.78 is 2.16. The fraction of sp³-hybridized carbons (Fsp3) is 0.400. The smallest absolute Gasteiger partial charge is 0.209 e. The molecule has 6 nitrogen and oxygen atoms in total. The van der Waals surface area contributed by atoms with Crippen molar-refractivity contribution in [2.45, 2.75) is 19.3 Å².